The maximum Gasteiger partial charge on any atom is 0.231 e. The van der Waals surface area contributed by atoms with Crippen LogP contribution in [-0.4, -0.2) is 29.5 Å². The van der Waals surface area contributed by atoms with Gasteiger partial charge in [0.15, 0.2) is 5.76 Å². The SMILES string of the molecule is COc1ccccc1C=C1Oc2c(ccc3c2CN(Cc2cccnc2)CO3)C1=O. The van der Waals surface area contributed by atoms with E-state index in [1.165, 1.54) is 0 Å². The number of pyridine rings is 1. The number of hydrogen-bond acceptors (Lipinski definition) is 6. The van der Waals surface area contributed by atoms with E-state index in [1.54, 1.807) is 25.4 Å². The van der Waals surface area contributed by atoms with Crippen molar-refractivity contribution >= 4 is 11.9 Å². The minimum atomic E-state index is -0.136. The molecule has 0 saturated heterocycles. The molecule has 0 radical (unpaired) electrons. The molecule has 2 aromatic carbocycles. The molecule has 0 amide bonds. The van der Waals surface area contributed by atoms with Gasteiger partial charge in [0.25, 0.3) is 0 Å². The standard InChI is InChI=1S/C24H20N2O4/c1-28-20-7-3-2-6-17(20)11-22-23(27)18-8-9-21-19(24(18)30-22)14-26(15-29-21)13-16-5-4-10-25-12-16/h2-12H,13-15H2,1H3. The Bertz CT molecular complexity index is 1140. The molecule has 0 N–H and O–H groups in total. The van der Waals surface area contributed by atoms with Gasteiger partial charge >= 0.3 is 0 Å². The van der Waals surface area contributed by atoms with Crippen LogP contribution >= 0.6 is 0 Å². The van der Waals surface area contributed by atoms with Crippen molar-refractivity contribution in [1.29, 1.82) is 0 Å². The fourth-order valence-corrected chi connectivity index (χ4v) is 3.78. The molecule has 0 aliphatic carbocycles. The molecule has 0 fully saturated rings. The lowest BCUT2D eigenvalue weighted by molar-refractivity contribution is 0.0872. The van der Waals surface area contributed by atoms with Crippen LogP contribution in [0.25, 0.3) is 6.08 Å². The number of carbonyl (C=O) groups is 1. The van der Waals surface area contributed by atoms with Gasteiger partial charge in [-0.2, -0.15) is 0 Å². The minimum Gasteiger partial charge on any atom is -0.496 e. The van der Waals surface area contributed by atoms with Crippen LogP contribution in [-0.2, 0) is 13.1 Å². The van der Waals surface area contributed by atoms with E-state index in [-0.39, 0.29) is 11.5 Å². The van der Waals surface area contributed by atoms with Gasteiger partial charge in [0.2, 0.25) is 5.78 Å². The lowest BCUT2D eigenvalue weighted by Crippen LogP contribution is -2.31. The Morgan fingerprint density at radius 2 is 2.07 bits per heavy atom. The molecule has 1 aromatic heterocycles. The van der Waals surface area contributed by atoms with Crippen LogP contribution in [0.5, 0.6) is 17.2 Å². The van der Waals surface area contributed by atoms with Crippen LogP contribution in [0.3, 0.4) is 0 Å². The molecule has 150 valence electrons. The first kappa shape index (κ1) is 18.4. The third kappa shape index (κ3) is 3.31. The van der Waals surface area contributed by atoms with Crippen molar-refractivity contribution in [2.45, 2.75) is 13.1 Å². The van der Waals surface area contributed by atoms with E-state index in [2.05, 4.69) is 9.88 Å². The number of fused-ring (bicyclic) bond motifs is 3. The number of allylic oxidation sites excluding steroid dienone is 1. The molecule has 6 nitrogen and oxygen atoms in total. The zero-order valence-corrected chi connectivity index (χ0v) is 16.5. The Labute approximate surface area is 174 Å². The van der Waals surface area contributed by atoms with Crippen LogP contribution in [0.2, 0.25) is 0 Å². The Morgan fingerprint density at radius 3 is 2.90 bits per heavy atom. The number of carbonyl (C=O) groups excluding carboxylic acids is 1. The Hall–Kier alpha value is -3.64. The van der Waals surface area contributed by atoms with Crippen LogP contribution < -0.4 is 14.2 Å². The van der Waals surface area contributed by atoms with E-state index < -0.39 is 0 Å². The van der Waals surface area contributed by atoms with E-state index in [0.29, 0.717) is 36.9 Å². The summed E-state index contributed by atoms with van der Waals surface area (Å²) < 4.78 is 17.4. The molecule has 3 aromatic rings. The first-order valence-corrected chi connectivity index (χ1v) is 9.70. The van der Waals surface area contributed by atoms with Crippen molar-refractivity contribution in [3.05, 3.63) is 88.9 Å². The van der Waals surface area contributed by atoms with E-state index >= 15 is 0 Å². The molecule has 3 heterocycles. The summed E-state index contributed by atoms with van der Waals surface area (Å²) in [4.78, 5) is 19.3. The summed E-state index contributed by atoms with van der Waals surface area (Å²) >= 11 is 0. The lowest BCUT2D eigenvalue weighted by Gasteiger charge is -2.29. The summed E-state index contributed by atoms with van der Waals surface area (Å²) in [6, 6.07) is 15.1. The number of ketones is 1. The predicted molar refractivity (Wildman–Crippen MR) is 111 cm³/mol. The molecule has 6 heteroatoms. The van der Waals surface area contributed by atoms with Gasteiger partial charge in [-0.15, -0.1) is 0 Å². The summed E-state index contributed by atoms with van der Waals surface area (Å²) in [5.41, 5.74) is 3.34. The number of hydrogen-bond donors (Lipinski definition) is 0. The first-order chi connectivity index (χ1) is 14.7. The summed E-state index contributed by atoms with van der Waals surface area (Å²) in [5.74, 6) is 2.16. The zero-order valence-electron chi connectivity index (χ0n) is 16.5. The quantitative estimate of drug-likeness (QED) is 0.616. The zero-order chi connectivity index (χ0) is 20.5. The van der Waals surface area contributed by atoms with Gasteiger partial charge in [-0.05, 0) is 35.9 Å². The Balaban J connectivity index is 1.45. The fraction of sp³-hybridized carbons (Fsp3) is 0.167. The third-order valence-electron chi connectivity index (χ3n) is 5.24. The number of methoxy groups -OCH3 is 1. The molecule has 0 saturated carbocycles. The van der Waals surface area contributed by atoms with Gasteiger partial charge in [-0.3, -0.25) is 14.7 Å². The number of rotatable bonds is 4. The summed E-state index contributed by atoms with van der Waals surface area (Å²) in [6.07, 6.45) is 5.33. The molecular formula is C24H20N2O4. The number of nitrogens with zero attached hydrogens (tertiary/aromatic N) is 2. The first-order valence-electron chi connectivity index (χ1n) is 9.70. The second-order valence-electron chi connectivity index (χ2n) is 7.22. The van der Waals surface area contributed by atoms with Crippen molar-refractivity contribution in [1.82, 2.24) is 9.88 Å². The molecule has 5 rings (SSSR count). The van der Waals surface area contributed by atoms with Crippen molar-refractivity contribution in [2.75, 3.05) is 13.8 Å². The number of para-hydroxylation sites is 1. The minimum absolute atomic E-state index is 0.136. The topological polar surface area (TPSA) is 60.9 Å². The average Bonchev–Trinajstić information content (AvgIpc) is 3.11. The second kappa shape index (κ2) is 7.65. The monoisotopic (exact) mass is 400 g/mol. The fourth-order valence-electron chi connectivity index (χ4n) is 3.78. The van der Waals surface area contributed by atoms with Gasteiger partial charge in [0.05, 0.1) is 18.2 Å². The van der Waals surface area contributed by atoms with Gasteiger partial charge in [-0.1, -0.05) is 24.3 Å². The Kier molecular flexibility index (Phi) is 4.69. The molecule has 2 aliphatic heterocycles. The highest BCUT2D eigenvalue weighted by molar-refractivity contribution is 6.15. The normalized spacial score (nSPS) is 16.6. The van der Waals surface area contributed by atoms with Gasteiger partial charge in [-0.25, -0.2) is 0 Å². The molecule has 0 spiro atoms. The Morgan fingerprint density at radius 1 is 1.17 bits per heavy atom. The summed E-state index contributed by atoms with van der Waals surface area (Å²) in [6.45, 7) is 1.80. The number of aromatic nitrogens is 1. The summed E-state index contributed by atoms with van der Waals surface area (Å²) in [7, 11) is 1.61. The van der Waals surface area contributed by atoms with E-state index in [0.717, 1.165) is 22.4 Å². The molecule has 2 aliphatic rings. The highest BCUT2D eigenvalue weighted by Crippen LogP contribution is 2.42. The van der Waals surface area contributed by atoms with E-state index in [4.69, 9.17) is 14.2 Å². The maximum absolute atomic E-state index is 13.0. The smallest absolute Gasteiger partial charge is 0.231 e. The van der Waals surface area contributed by atoms with Gasteiger partial charge < -0.3 is 14.2 Å². The molecular weight excluding hydrogens is 380 g/mol. The molecule has 0 unspecified atom stereocenters. The molecule has 0 atom stereocenters. The van der Waals surface area contributed by atoms with Gasteiger partial charge in [0, 0.05) is 31.0 Å². The van der Waals surface area contributed by atoms with Crippen molar-refractivity contribution in [3.63, 3.8) is 0 Å². The summed E-state index contributed by atoms with van der Waals surface area (Å²) in [5, 5.41) is 0. The lowest BCUT2D eigenvalue weighted by atomic mass is 10.0. The number of benzene rings is 2. The molecule has 30 heavy (non-hydrogen) atoms. The van der Waals surface area contributed by atoms with Crippen molar-refractivity contribution in [3.8, 4) is 17.2 Å². The average molecular weight is 400 g/mol. The number of Topliss-reactive ketones (excluding diaryl/α,β-unsaturated/α-hetero) is 1. The molecule has 0 bridgehead atoms. The highest BCUT2D eigenvalue weighted by atomic mass is 16.5. The van der Waals surface area contributed by atoms with Gasteiger partial charge in [0.1, 0.15) is 24.0 Å². The second-order valence-corrected chi connectivity index (χ2v) is 7.22. The largest absolute Gasteiger partial charge is 0.496 e. The van der Waals surface area contributed by atoms with Crippen LogP contribution in [0.15, 0.2) is 66.7 Å². The predicted octanol–water partition coefficient (Wildman–Crippen LogP) is 4.06. The van der Waals surface area contributed by atoms with Crippen LogP contribution in [0.1, 0.15) is 27.0 Å². The highest BCUT2D eigenvalue weighted by Gasteiger charge is 2.33. The van der Waals surface area contributed by atoms with Crippen LogP contribution in [0.4, 0.5) is 0 Å². The van der Waals surface area contributed by atoms with E-state index in [9.17, 15) is 4.79 Å². The van der Waals surface area contributed by atoms with Crippen LogP contribution in [0, 0.1) is 0 Å². The third-order valence-corrected chi connectivity index (χ3v) is 5.24. The maximum atomic E-state index is 13.0. The number of ether oxygens (including phenoxy) is 3. The van der Waals surface area contributed by atoms with Crippen molar-refractivity contribution < 1.29 is 19.0 Å². The van der Waals surface area contributed by atoms with Crippen molar-refractivity contribution in [2.24, 2.45) is 0 Å². The van der Waals surface area contributed by atoms with E-state index in [1.807, 2.05) is 48.7 Å².